The molecule has 6 rings (SSSR count). The fraction of sp³-hybridized carbons (Fsp3) is 0.548. The van der Waals surface area contributed by atoms with E-state index in [-0.39, 0.29) is 30.1 Å². The van der Waals surface area contributed by atoms with E-state index >= 15 is 0 Å². The van der Waals surface area contributed by atoms with Crippen LogP contribution in [0.15, 0.2) is 29.4 Å². The van der Waals surface area contributed by atoms with E-state index in [4.69, 9.17) is 9.47 Å². The quantitative estimate of drug-likeness (QED) is 0.152. The summed E-state index contributed by atoms with van der Waals surface area (Å²) in [6.07, 6.45) is 9.99. The minimum absolute atomic E-state index is 0.0785. The third kappa shape index (κ3) is 5.95. The molecule has 2 fully saturated rings. The molecule has 0 radical (unpaired) electrons. The van der Waals surface area contributed by atoms with E-state index in [1.807, 2.05) is 0 Å². The number of nitrogens with one attached hydrogen (secondary N) is 1. The Kier molecular flexibility index (Phi) is 8.85. The Morgan fingerprint density at radius 2 is 2.00 bits per heavy atom. The number of esters is 1. The zero-order valence-corrected chi connectivity index (χ0v) is 25.7. The van der Waals surface area contributed by atoms with Crippen LogP contribution in [0.4, 0.5) is 9.39 Å². The van der Waals surface area contributed by atoms with Crippen molar-refractivity contribution in [2.24, 2.45) is 17.8 Å². The number of fused-ring (bicyclic) bond motifs is 3. The molecule has 3 aromatic rings. The van der Waals surface area contributed by atoms with Crippen LogP contribution in [0.25, 0.3) is 0 Å². The number of thiophene rings is 1. The summed E-state index contributed by atoms with van der Waals surface area (Å²) in [7, 11) is 1.38. The normalized spacial score (nSPS) is 21.9. The van der Waals surface area contributed by atoms with Gasteiger partial charge in [-0.1, -0.05) is 36.7 Å². The van der Waals surface area contributed by atoms with Crippen molar-refractivity contribution in [3.63, 3.8) is 0 Å². The summed E-state index contributed by atoms with van der Waals surface area (Å²) in [4.78, 5) is 27.1. The van der Waals surface area contributed by atoms with E-state index < -0.39 is 11.8 Å². The lowest BCUT2D eigenvalue weighted by Crippen LogP contribution is -2.25. The summed E-state index contributed by atoms with van der Waals surface area (Å²) < 4.78 is 27.2. The molecule has 1 amide bonds. The largest absolute Gasteiger partial charge is 0.483 e. The highest BCUT2D eigenvalue weighted by Gasteiger charge is 2.43. The number of aryl methyl sites for hydroxylation is 1. The van der Waals surface area contributed by atoms with Gasteiger partial charge in [0.15, 0.2) is 22.5 Å². The smallest absolute Gasteiger partial charge is 0.341 e. The van der Waals surface area contributed by atoms with Gasteiger partial charge in [0.05, 0.1) is 18.4 Å². The molecule has 0 aliphatic heterocycles. The van der Waals surface area contributed by atoms with E-state index in [0.717, 1.165) is 48.5 Å². The number of anilines is 1. The van der Waals surface area contributed by atoms with E-state index in [0.29, 0.717) is 33.4 Å². The van der Waals surface area contributed by atoms with E-state index in [2.05, 4.69) is 27.0 Å². The molecule has 0 spiro atoms. The van der Waals surface area contributed by atoms with Gasteiger partial charge in [0.1, 0.15) is 11.6 Å². The van der Waals surface area contributed by atoms with Crippen molar-refractivity contribution in [1.82, 2.24) is 14.8 Å². The topological polar surface area (TPSA) is 95.3 Å². The Bertz CT molecular complexity index is 1460. The predicted molar refractivity (Wildman–Crippen MR) is 161 cm³/mol. The average molecular weight is 613 g/mol. The molecule has 0 unspecified atom stereocenters. The van der Waals surface area contributed by atoms with Gasteiger partial charge in [-0.05, 0) is 87.3 Å². The number of benzene rings is 1. The highest BCUT2D eigenvalue weighted by Crippen LogP contribution is 2.52. The maximum Gasteiger partial charge on any atom is 0.341 e. The molecule has 2 bridgehead atoms. The average Bonchev–Trinajstić information content (AvgIpc) is 3.76. The van der Waals surface area contributed by atoms with Gasteiger partial charge in [-0.2, -0.15) is 0 Å². The van der Waals surface area contributed by atoms with Crippen LogP contribution < -0.4 is 10.1 Å². The van der Waals surface area contributed by atoms with Gasteiger partial charge in [0, 0.05) is 10.9 Å². The number of rotatable bonds is 10. The summed E-state index contributed by atoms with van der Waals surface area (Å²) in [6, 6.07) is 6.46. The van der Waals surface area contributed by atoms with Crippen molar-refractivity contribution < 1.29 is 23.5 Å². The molecule has 3 aliphatic rings. The predicted octanol–water partition coefficient (Wildman–Crippen LogP) is 6.84. The lowest BCUT2D eigenvalue weighted by molar-refractivity contribution is -0.113. The SMILES string of the molecule is COC(=O)c1c(NC(=O)CSc2nnc(COc3ccccc3F)n2[C@@H](C)[C@H]2C[C@H]3CC[C@H]2C3)sc2c1CCCCC2. The number of hydrogen-bond donors (Lipinski definition) is 1. The summed E-state index contributed by atoms with van der Waals surface area (Å²) in [5, 5.41) is 13.1. The van der Waals surface area contributed by atoms with Gasteiger partial charge >= 0.3 is 5.97 Å². The zero-order valence-electron chi connectivity index (χ0n) is 24.1. The summed E-state index contributed by atoms with van der Waals surface area (Å²) in [5.74, 6) is 1.82. The third-order valence-corrected chi connectivity index (χ3v) is 11.3. The number of nitrogens with zero attached hydrogens (tertiary/aromatic N) is 3. The van der Waals surface area contributed by atoms with E-state index in [1.54, 1.807) is 18.2 Å². The van der Waals surface area contributed by atoms with Crippen LogP contribution in [0.2, 0.25) is 0 Å². The third-order valence-electron chi connectivity index (χ3n) is 9.14. The Morgan fingerprint density at radius 3 is 2.76 bits per heavy atom. The summed E-state index contributed by atoms with van der Waals surface area (Å²) in [5.41, 5.74) is 1.52. The molecule has 42 heavy (non-hydrogen) atoms. The van der Waals surface area contributed by atoms with Gasteiger partial charge in [0.25, 0.3) is 0 Å². The summed E-state index contributed by atoms with van der Waals surface area (Å²) in [6.45, 7) is 2.28. The van der Waals surface area contributed by atoms with Crippen molar-refractivity contribution in [2.75, 3.05) is 18.2 Å². The van der Waals surface area contributed by atoms with Crippen molar-refractivity contribution in [1.29, 1.82) is 0 Å². The monoisotopic (exact) mass is 612 g/mol. The number of hydrogen-bond acceptors (Lipinski definition) is 8. The molecule has 2 aromatic heterocycles. The van der Waals surface area contributed by atoms with Crippen LogP contribution in [0.1, 0.15) is 84.5 Å². The molecule has 8 nitrogen and oxygen atoms in total. The first-order valence-corrected chi connectivity index (χ1v) is 16.7. The number of ether oxygens (including phenoxy) is 2. The van der Waals surface area contributed by atoms with Crippen LogP contribution in [0.5, 0.6) is 5.75 Å². The molecule has 0 saturated heterocycles. The van der Waals surface area contributed by atoms with Crippen LogP contribution in [0.3, 0.4) is 0 Å². The second-order valence-electron chi connectivity index (χ2n) is 11.7. The van der Waals surface area contributed by atoms with Gasteiger partial charge in [-0.15, -0.1) is 21.5 Å². The molecular formula is C31H37FN4O4S2. The van der Waals surface area contributed by atoms with Gasteiger partial charge in [-0.3, -0.25) is 9.36 Å². The van der Waals surface area contributed by atoms with Crippen LogP contribution >= 0.6 is 23.1 Å². The van der Waals surface area contributed by atoms with Crippen molar-refractivity contribution in [2.45, 2.75) is 82.5 Å². The number of halogens is 1. The first-order valence-electron chi connectivity index (χ1n) is 14.9. The number of para-hydroxylation sites is 1. The molecular weight excluding hydrogens is 575 g/mol. The molecule has 2 heterocycles. The maximum atomic E-state index is 14.2. The number of carbonyl (C=O) groups excluding carboxylic acids is 2. The van der Waals surface area contributed by atoms with Crippen LogP contribution in [-0.2, 0) is 29.0 Å². The second kappa shape index (κ2) is 12.8. The number of thioether (sulfide) groups is 1. The van der Waals surface area contributed by atoms with Gasteiger partial charge < -0.3 is 14.8 Å². The van der Waals surface area contributed by atoms with Crippen LogP contribution in [0, 0.1) is 23.6 Å². The molecule has 224 valence electrons. The number of aromatic nitrogens is 3. The minimum Gasteiger partial charge on any atom is -0.483 e. The molecule has 2 saturated carbocycles. The lowest BCUT2D eigenvalue weighted by Gasteiger charge is -2.30. The first kappa shape index (κ1) is 29.2. The zero-order chi connectivity index (χ0) is 29.2. The van der Waals surface area contributed by atoms with Crippen LogP contribution in [-0.4, -0.2) is 39.5 Å². The van der Waals surface area contributed by atoms with Gasteiger partial charge in [-0.25, -0.2) is 9.18 Å². The molecule has 4 atom stereocenters. The molecule has 1 aromatic carbocycles. The van der Waals surface area contributed by atoms with E-state index in [1.165, 1.54) is 62.0 Å². The number of amides is 1. The highest BCUT2D eigenvalue weighted by molar-refractivity contribution is 7.99. The lowest BCUT2D eigenvalue weighted by atomic mass is 9.84. The Morgan fingerprint density at radius 1 is 1.17 bits per heavy atom. The van der Waals surface area contributed by atoms with Crippen molar-refractivity contribution >= 4 is 40.0 Å². The number of carbonyl (C=O) groups is 2. The highest BCUT2D eigenvalue weighted by atomic mass is 32.2. The van der Waals surface area contributed by atoms with E-state index in [9.17, 15) is 14.0 Å². The maximum absolute atomic E-state index is 14.2. The van der Waals surface area contributed by atoms with Gasteiger partial charge in [0.2, 0.25) is 5.91 Å². The standard InChI is InChI=1S/C31H37FN4O4S2/c1-18(22-15-19-12-13-20(22)14-19)36-26(16-40-24-10-7-6-9-23(24)32)34-35-31(36)41-17-27(37)33-29-28(30(38)39-2)21-8-4-3-5-11-25(21)42-29/h6-7,9-10,18-20,22H,3-5,8,11-17H2,1-2H3,(H,33,37)/t18-,19-,20-,22+/m0/s1. The fourth-order valence-corrected chi connectivity index (χ4v) is 9.27. The molecule has 1 N–H and O–H groups in total. The summed E-state index contributed by atoms with van der Waals surface area (Å²) >= 11 is 2.81. The Balaban J connectivity index is 1.19. The minimum atomic E-state index is -0.423. The van der Waals surface area contributed by atoms with Crippen molar-refractivity contribution in [3.05, 3.63) is 51.9 Å². The van der Waals surface area contributed by atoms with Crippen molar-refractivity contribution in [3.8, 4) is 5.75 Å². The fourth-order valence-electron chi connectivity index (χ4n) is 7.14. The molecule has 3 aliphatic carbocycles. The number of methoxy groups -OCH3 is 1. The first-order chi connectivity index (χ1) is 20.4. The Hall–Kier alpha value is -2.92. The second-order valence-corrected chi connectivity index (χ2v) is 13.7. The Labute approximate surface area is 253 Å². The molecule has 11 heteroatoms.